The number of benzene rings is 1. The normalized spacial score (nSPS) is 6.55. The van der Waals surface area contributed by atoms with Crippen LogP contribution in [0.2, 0.25) is 0 Å². The fraction of sp³-hybridized carbons (Fsp3) is 0. The van der Waals surface area contributed by atoms with Crippen molar-refractivity contribution in [3.8, 4) is 0 Å². The molecule has 0 bridgehead atoms. The van der Waals surface area contributed by atoms with Crippen molar-refractivity contribution in [1.82, 2.24) is 0 Å². The van der Waals surface area contributed by atoms with E-state index in [1.165, 1.54) is 0 Å². The van der Waals surface area contributed by atoms with Crippen molar-refractivity contribution >= 4 is 18.5 Å². The van der Waals surface area contributed by atoms with Crippen molar-refractivity contribution in [3.05, 3.63) is 35.2 Å². The van der Waals surface area contributed by atoms with E-state index in [9.17, 15) is 0 Å². The third-order valence-electron chi connectivity index (χ3n) is 0.744. The summed E-state index contributed by atoms with van der Waals surface area (Å²) in [5, 5.41) is 0. The van der Waals surface area contributed by atoms with Gasteiger partial charge in [0.15, 0.2) is 0 Å². The van der Waals surface area contributed by atoms with Crippen LogP contribution in [0.25, 0.3) is 0 Å². The van der Waals surface area contributed by atoms with Gasteiger partial charge in [-0.15, -0.1) is 12.1 Å². The van der Waals surface area contributed by atoms with Gasteiger partial charge in [-0.1, -0.05) is 5.69 Å². The maximum Gasteiger partial charge on any atom is 0 e. The minimum Gasteiger partial charge on any atom is -0.622 e. The molecule has 0 saturated carbocycles. The minimum absolute atomic E-state index is 0. The number of hydrogen-bond acceptors (Lipinski definition) is 4. The number of nitrogen functional groups attached to an aromatic ring is 1. The van der Waals surface area contributed by atoms with Crippen LogP contribution in [0.4, 0.5) is 5.69 Å². The van der Waals surface area contributed by atoms with Crippen LogP contribution in [-0.2, 0) is 45.5 Å². The molecule has 3 nitrogen and oxygen atoms in total. The molecule has 57 valence electrons. The van der Waals surface area contributed by atoms with E-state index < -0.39 is 0 Å². The second-order valence-corrected chi connectivity index (χ2v) is 1.56. The van der Waals surface area contributed by atoms with Gasteiger partial charge in [0.05, 0.1) is 0 Å². The second kappa shape index (κ2) is 9.94. The summed E-state index contributed by atoms with van der Waals surface area (Å²) in [6.07, 6.45) is 0. The van der Waals surface area contributed by atoms with Gasteiger partial charge < -0.3 is 18.5 Å². The fourth-order valence-electron chi connectivity index (χ4n) is 0.400. The molecular weight excluding hydrogens is 237 g/mol. The van der Waals surface area contributed by atoms with Crippen LogP contribution in [0.3, 0.4) is 0 Å². The SMILES string of the molecule is Nc1cc[c-]cc1.O=N[S-].[Y]. The molecule has 0 aromatic heterocycles. The molecule has 0 unspecified atom stereocenters. The third kappa shape index (κ3) is 9.94. The summed E-state index contributed by atoms with van der Waals surface area (Å²) < 4.78 is 1.83. The van der Waals surface area contributed by atoms with Gasteiger partial charge in [0.25, 0.3) is 0 Å². The number of nitroso groups, excluding NO2 is 1. The smallest absolute Gasteiger partial charge is 0 e. The van der Waals surface area contributed by atoms with Crippen molar-refractivity contribution in [1.29, 1.82) is 0 Å². The number of anilines is 1. The molecule has 1 rings (SSSR count). The van der Waals surface area contributed by atoms with Crippen LogP contribution in [0.1, 0.15) is 0 Å². The van der Waals surface area contributed by atoms with E-state index in [0.717, 1.165) is 5.69 Å². The van der Waals surface area contributed by atoms with Crippen molar-refractivity contribution in [3.63, 3.8) is 0 Å². The molecule has 0 aliphatic rings. The van der Waals surface area contributed by atoms with Gasteiger partial charge in [-0.25, -0.2) is 4.58 Å². The number of nitrogens with zero attached hydrogens (tertiary/aromatic N) is 1. The molecule has 0 aliphatic heterocycles. The summed E-state index contributed by atoms with van der Waals surface area (Å²) in [6, 6.07) is 10.0. The Morgan fingerprint density at radius 1 is 1.45 bits per heavy atom. The van der Waals surface area contributed by atoms with Crippen molar-refractivity contribution < 1.29 is 32.7 Å². The van der Waals surface area contributed by atoms with Gasteiger partial charge in [0.1, 0.15) is 0 Å². The van der Waals surface area contributed by atoms with Crippen molar-refractivity contribution in [2.75, 3.05) is 5.73 Å². The largest absolute Gasteiger partial charge is 0.622 e. The minimum atomic E-state index is 0. The van der Waals surface area contributed by atoms with E-state index in [1.807, 2.05) is 4.58 Å². The van der Waals surface area contributed by atoms with E-state index in [1.54, 1.807) is 24.3 Å². The summed E-state index contributed by atoms with van der Waals surface area (Å²) >= 11 is 3.46. The Labute approximate surface area is 96.1 Å². The second-order valence-electron chi connectivity index (χ2n) is 1.41. The van der Waals surface area contributed by atoms with Crippen molar-refractivity contribution in [2.45, 2.75) is 0 Å². The van der Waals surface area contributed by atoms with Gasteiger partial charge in [-0.2, -0.15) is 23.1 Å². The first kappa shape index (κ1) is 13.5. The molecule has 0 heterocycles. The van der Waals surface area contributed by atoms with Crippen LogP contribution >= 0.6 is 0 Å². The predicted octanol–water partition coefficient (Wildman–Crippen LogP) is 1.28. The molecule has 1 radical (unpaired) electrons. The van der Waals surface area contributed by atoms with E-state index in [0.29, 0.717) is 0 Å². The molecule has 2 N–H and O–H groups in total. The Hall–Kier alpha value is -0.0561. The van der Waals surface area contributed by atoms with Gasteiger partial charge in [0, 0.05) is 32.7 Å². The number of nitrogens with two attached hydrogens (primary N) is 1. The molecule has 11 heavy (non-hydrogen) atoms. The fourth-order valence-corrected chi connectivity index (χ4v) is 0.400. The zero-order valence-corrected chi connectivity index (χ0v) is 9.38. The Bertz CT molecular complexity index is 183. The molecule has 0 spiro atoms. The Kier molecular flexibility index (Phi) is 12.2. The van der Waals surface area contributed by atoms with Gasteiger partial charge in [-0.05, 0) is 0 Å². The Balaban J connectivity index is 0. The molecule has 0 fully saturated rings. The molecule has 1 aromatic carbocycles. The molecule has 0 amide bonds. The number of rotatable bonds is 0. The summed E-state index contributed by atoms with van der Waals surface area (Å²) in [5.74, 6) is 0. The number of hydrogen-bond donors (Lipinski definition) is 1. The quantitative estimate of drug-likeness (QED) is 0.323. The standard InChI is InChI=1S/C6H6N.HNOS.Y/c7-6-4-2-1-3-5-6;2-1-3;/h2-5H,7H2;(H,2,3);/q-1;;/p-1. The summed E-state index contributed by atoms with van der Waals surface area (Å²) in [5.41, 5.74) is 6.13. The first-order valence-corrected chi connectivity index (χ1v) is 2.84. The Morgan fingerprint density at radius 3 is 2.00 bits per heavy atom. The molecular formula is C6H6N2OSY-2. The van der Waals surface area contributed by atoms with Crippen LogP contribution in [0, 0.1) is 11.0 Å². The van der Waals surface area contributed by atoms with Gasteiger partial charge >= 0.3 is 0 Å². The first-order chi connectivity index (χ1) is 4.81. The van der Waals surface area contributed by atoms with Crippen LogP contribution in [-0.4, -0.2) is 0 Å². The summed E-state index contributed by atoms with van der Waals surface area (Å²) in [7, 11) is 0. The summed E-state index contributed by atoms with van der Waals surface area (Å²) in [4.78, 5) is 8.37. The summed E-state index contributed by atoms with van der Waals surface area (Å²) in [6.45, 7) is 0. The van der Waals surface area contributed by atoms with E-state index in [4.69, 9.17) is 10.6 Å². The first-order valence-electron chi connectivity index (χ1n) is 2.48. The van der Waals surface area contributed by atoms with Crippen molar-refractivity contribution in [2.24, 2.45) is 4.58 Å². The zero-order chi connectivity index (χ0) is 7.82. The van der Waals surface area contributed by atoms with Gasteiger partial charge in [-0.3, -0.25) is 0 Å². The van der Waals surface area contributed by atoms with E-state index >= 15 is 0 Å². The Morgan fingerprint density at radius 2 is 1.82 bits per heavy atom. The molecule has 0 atom stereocenters. The molecule has 0 aliphatic carbocycles. The van der Waals surface area contributed by atoms with E-state index in [2.05, 4.69) is 18.9 Å². The van der Waals surface area contributed by atoms with Crippen LogP contribution in [0.5, 0.6) is 0 Å². The van der Waals surface area contributed by atoms with E-state index in [-0.39, 0.29) is 32.7 Å². The maximum atomic E-state index is 8.37. The van der Waals surface area contributed by atoms with Gasteiger partial charge in [0.2, 0.25) is 0 Å². The molecule has 0 saturated heterocycles. The maximum absolute atomic E-state index is 8.37. The zero-order valence-electron chi connectivity index (χ0n) is 5.73. The monoisotopic (exact) mass is 243 g/mol. The molecule has 5 heteroatoms. The predicted molar refractivity (Wildman–Crippen MR) is 42.9 cm³/mol. The molecule has 1 aromatic rings. The average molecular weight is 243 g/mol. The third-order valence-corrected chi connectivity index (χ3v) is 0.744. The van der Waals surface area contributed by atoms with Crippen LogP contribution < -0.4 is 5.73 Å². The topological polar surface area (TPSA) is 55.5 Å². The average Bonchev–Trinajstić information content (AvgIpc) is 1.91. The van der Waals surface area contributed by atoms with Crippen LogP contribution in [0.15, 0.2) is 28.8 Å².